The molecule has 160 valence electrons. The van der Waals surface area contributed by atoms with Gasteiger partial charge in [0.25, 0.3) is 0 Å². The van der Waals surface area contributed by atoms with E-state index >= 15 is 0 Å². The molecule has 0 unspecified atom stereocenters. The van der Waals surface area contributed by atoms with Crippen LogP contribution in [0.3, 0.4) is 0 Å². The van der Waals surface area contributed by atoms with E-state index in [1.54, 1.807) is 25.1 Å². The maximum atomic E-state index is 12.9. The van der Waals surface area contributed by atoms with Crippen molar-refractivity contribution in [3.05, 3.63) is 102 Å². The Balaban J connectivity index is 1.50. The Labute approximate surface area is 186 Å². The molecular formula is C27H22O5. The number of ether oxygens (including phenoxy) is 3. The van der Waals surface area contributed by atoms with Crippen LogP contribution in [0.5, 0.6) is 11.5 Å². The fourth-order valence-electron chi connectivity index (χ4n) is 3.45. The van der Waals surface area contributed by atoms with Crippen LogP contribution in [0.25, 0.3) is 17.2 Å². The van der Waals surface area contributed by atoms with Crippen LogP contribution in [0, 0.1) is 6.92 Å². The van der Waals surface area contributed by atoms with Gasteiger partial charge >= 0.3 is 5.97 Å². The van der Waals surface area contributed by atoms with Crippen molar-refractivity contribution in [2.45, 2.75) is 6.92 Å². The number of hydrogen-bond donors (Lipinski definition) is 0. The lowest BCUT2D eigenvalue weighted by molar-refractivity contribution is -0.144. The Morgan fingerprint density at radius 3 is 2.47 bits per heavy atom. The highest BCUT2D eigenvalue weighted by Gasteiger charge is 2.30. The fourth-order valence-corrected chi connectivity index (χ4v) is 3.45. The molecule has 3 aromatic carbocycles. The van der Waals surface area contributed by atoms with Gasteiger partial charge in [0.05, 0.1) is 5.56 Å². The molecule has 32 heavy (non-hydrogen) atoms. The molecular weight excluding hydrogens is 404 g/mol. The van der Waals surface area contributed by atoms with E-state index in [0.717, 1.165) is 16.7 Å². The summed E-state index contributed by atoms with van der Waals surface area (Å²) in [7, 11) is 0. The first-order chi connectivity index (χ1) is 15.5. The van der Waals surface area contributed by atoms with Crippen molar-refractivity contribution in [3.63, 3.8) is 0 Å². The first kappa shape index (κ1) is 21.1. The topological polar surface area (TPSA) is 61.8 Å². The third kappa shape index (κ3) is 4.62. The molecule has 0 N–H and O–H groups in total. The fraction of sp³-hybridized carbons (Fsp3) is 0.111. The van der Waals surface area contributed by atoms with Crippen LogP contribution in [-0.4, -0.2) is 25.0 Å². The third-order valence-electron chi connectivity index (χ3n) is 4.98. The van der Waals surface area contributed by atoms with Crippen molar-refractivity contribution in [2.24, 2.45) is 0 Å². The van der Waals surface area contributed by atoms with E-state index in [1.165, 1.54) is 6.08 Å². The largest absolute Gasteiger partial charge is 0.482 e. The maximum Gasteiger partial charge on any atom is 0.344 e. The minimum atomic E-state index is -0.500. The van der Waals surface area contributed by atoms with Gasteiger partial charge in [-0.15, -0.1) is 0 Å². The molecule has 5 heteroatoms. The van der Waals surface area contributed by atoms with Gasteiger partial charge in [-0.2, -0.15) is 0 Å². The zero-order chi connectivity index (χ0) is 22.5. The van der Waals surface area contributed by atoms with Gasteiger partial charge in [-0.1, -0.05) is 67.3 Å². The molecule has 0 aromatic heterocycles. The van der Waals surface area contributed by atoms with Gasteiger partial charge in [0.2, 0.25) is 5.78 Å². The van der Waals surface area contributed by atoms with Crippen LogP contribution in [0.2, 0.25) is 0 Å². The van der Waals surface area contributed by atoms with Crippen molar-refractivity contribution >= 4 is 17.8 Å². The first-order valence-corrected chi connectivity index (χ1v) is 10.2. The number of rotatable bonds is 7. The van der Waals surface area contributed by atoms with Gasteiger partial charge in [0.1, 0.15) is 18.1 Å². The molecule has 1 aliphatic heterocycles. The van der Waals surface area contributed by atoms with Gasteiger partial charge in [-0.25, -0.2) is 4.79 Å². The van der Waals surface area contributed by atoms with E-state index in [2.05, 4.69) is 18.7 Å². The second-order valence-corrected chi connectivity index (χ2v) is 7.30. The normalized spacial score (nSPS) is 13.4. The monoisotopic (exact) mass is 426 g/mol. The number of carbonyl (C=O) groups is 2. The second kappa shape index (κ2) is 9.35. The first-order valence-electron chi connectivity index (χ1n) is 10.2. The molecule has 0 amide bonds. The molecule has 0 saturated carbocycles. The zero-order valence-corrected chi connectivity index (χ0v) is 17.7. The van der Waals surface area contributed by atoms with Crippen molar-refractivity contribution in [1.82, 2.24) is 0 Å². The number of carbonyl (C=O) groups excluding carboxylic acids is 2. The minimum Gasteiger partial charge on any atom is -0.482 e. The standard InChI is InChI=1S/C27H22O5/c1-3-13-30-25(28)17-31-22-14-18(2)26-23(16-22)32-24(27(26)29)15-19-9-11-21(12-10-19)20-7-5-4-6-8-20/h3-12,14-16H,1,13,17H2,2H3/b24-15-. The summed E-state index contributed by atoms with van der Waals surface area (Å²) in [6.07, 6.45) is 3.21. The Morgan fingerprint density at radius 1 is 1.03 bits per heavy atom. The summed E-state index contributed by atoms with van der Waals surface area (Å²) in [6.45, 7) is 5.19. The summed E-state index contributed by atoms with van der Waals surface area (Å²) in [6, 6.07) is 21.3. The maximum absolute atomic E-state index is 12.9. The molecule has 0 radical (unpaired) electrons. The Bertz CT molecular complexity index is 1190. The van der Waals surface area contributed by atoms with Crippen molar-refractivity contribution in [2.75, 3.05) is 13.2 Å². The highest BCUT2D eigenvalue weighted by molar-refractivity contribution is 6.15. The number of fused-ring (bicyclic) bond motifs is 1. The van der Waals surface area contributed by atoms with Crippen LogP contribution >= 0.6 is 0 Å². The molecule has 0 spiro atoms. The average molecular weight is 426 g/mol. The van der Waals surface area contributed by atoms with Crippen LogP contribution in [-0.2, 0) is 9.53 Å². The van der Waals surface area contributed by atoms with Crippen LogP contribution in [0.4, 0.5) is 0 Å². The van der Waals surface area contributed by atoms with Crippen molar-refractivity contribution in [1.29, 1.82) is 0 Å². The SMILES string of the molecule is C=CCOC(=O)COc1cc(C)c2c(c1)O/C(=C\c1ccc(-c3ccccc3)cc1)C2=O. The summed E-state index contributed by atoms with van der Waals surface area (Å²) in [5.74, 6) is 0.411. The van der Waals surface area contributed by atoms with Crippen molar-refractivity contribution < 1.29 is 23.8 Å². The molecule has 0 aliphatic carbocycles. The van der Waals surface area contributed by atoms with Gasteiger partial charge < -0.3 is 14.2 Å². The number of allylic oxidation sites excluding steroid dienone is 1. The van der Waals surface area contributed by atoms with Gasteiger partial charge in [0, 0.05) is 6.07 Å². The third-order valence-corrected chi connectivity index (χ3v) is 4.98. The highest BCUT2D eigenvalue weighted by atomic mass is 16.6. The summed E-state index contributed by atoms with van der Waals surface area (Å²) >= 11 is 0. The van der Waals surface area contributed by atoms with Gasteiger partial charge in [-0.3, -0.25) is 4.79 Å². The smallest absolute Gasteiger partial charge is 0.344 e. The molecule has 0 saturated heterocycles. The van der Waals surface area contributed by atoms with E-state index in [1.807, 2.05) is 42.5 Å². The van der Waals surface area contributed by atoms with Crippen LogP contribution in [0.15, 0.2) is 85.1 Å². The lowest BCUT2D eigenvalue weighted by atomic mass is 10.0. The number of benzene rings is 3. The van der Waals surface area contributed by atoms with Gasteiger partial charge in [-0.05, 0) is 41.3 Å². The quantitative estimate of drug-likeness (QED) is 0.288. The van der Waals surface area contributed by atoms with Crippen molar-refractivity contribution in [3.8, 4) is 22.6 Å². The number of ketones is 1. The van der Waals surface area contributed by atoms with E-state index in [4.69, 9.17) is 14.2 Å². The molecule has 0 fully saturated rings. The number of Topliss-reactive ketones (excluding diaryl/α,β-unsaturated/α-hetero) is 1. The highest BCUT2D eigenvalue weighted by Crippen LogP contribution is 2.37. The zero-order valence-electron chi connectivity index (χ0n) is 17.7. The Hall–Kier alpha value is -4.12. The number of hydrogen-bond acceptors (Lipinski definition) is 5. The molecule has 4 rings (SSSR count). The van der Waals surface area contributed by atoms with Crippen LogP contribution < -0.4 is 9.47 Å². The summed E-state index contributed by atoms with van der Waals surface area (Å²) < 4.78 is 16.2. The Kier molecular flexibility index (Phi) is 6.17. The summed E-state index contributed by atoms with van der Waals surface area (Å²) in [5.41, 5.74) is 4.30. The van der Waals surface area contributed by atoms with E-state index in [0.29, 0.717) is 22.6 Å². The molecule has 1 heterocycles. The molecule has 1 aliphatic rings. The van der Waals surface area contributed by atoms with E-state index < -0.39 is 5.97 Å². The summed E-state index contributed by atoms with van der Waals surface area (Å²) in [4.78, 5) is 24.5. The lowest BCUT2D eigenvalue weighted by Gasteiger charge is -2.08. The molecule has 0 bridgehead atoms. The summed E-state index contributed by atoms with van der Waals surface area (Å²) in [5, 5.41) is 0. The van der Waals surface area contributed by atoms with E-state index in [9.17, 15) is 9.59 Å². The van der Waals surface area contributed by atoms with Crippen LogP contribution in [0.1, 0.15) is 21.5 Å². The predicted molar refractivity (Wildman–Crippen MR) is 123 cm³/mol. The molecule has 0 atom stereocenters. The van der Waals surface area contributed by atoms with E-state index in [-0.39, 0.29) is 24.8 Å². The Morgan fingerprint density at radius 2 is 1.75 bits per heavy atom. The number of esters is 1. The molecule has 3 aromatic rings. The predicted octanol–water partition coefficient (Wildman–Crippen LogP) is 5.39. The number of aryl methyl sites for hydroxylation is 1. The minimum absolute atomic E-state index is 0.128. The second-order valence-electron chi connectivity index (χ2n) is 7.30. The lowest BCUT2D eigenvalue weighted by Crippen LogP contribution is -2.14. The average Bonchev–Trinajstić information content (AvgIpc) is 3.12. The van der Waals surface area contributed by atoms with Gasteiger partial charge in [0.15, 0.2) is 12.4 Å². The molecule has 5 nitrogen and oxygen atoms in total.